The highest BCUT2D eigenvalue weighted by Crippen LogP contribution is 2.27. The van der Waals surface area contributed by atoms with Crippen molar-refractivity contribution in [2.24, 2.45) is 5.73 Å². The molecular formula is C43H47N11O9. The van der Waals surface area contributed by atoms with Gasteiger partial charge in [-0.2, -0.15) is 10.2 Å². The Morgan fingerprint density at radius 1 is 0.825 bits per heavy atom. The fourth-order valence-electron chi connectivity index (χ4n) is 6.52. The number of likely N-dealkylation sites (tertiary alicyclic amines) is 2. The minimum atomic E-state index is -1.78. The molecule has 4 heterocycles. The first-order valence-electron chi connectivity index (χ1n) is 19.7. The molecule has 0 unspecified atom stereocenters. The Hall–Kier alpha value is -7.68. The number of aliphatic hydroxyl groups is 1. The Bertz CT molecular complexity index is 2600. The zero-order valence-corrected chi connectivity index (χ0v) is 35.6. The number of ether oxygens (including phenoxy) is 2. The van der Waals surface area contributed by atoms with Crippen LogP contribution in [0.5, 0.6) is 0 Å². The molecule has 20 nitrogen and oxygen atoms in total. The fourth-order valence-corrected chi connectivity index (χ4v) is 6.52. The van der Waals surface area contributed by atoms with E-state index in [1.165, 1.54) is 48.4 Å². The number of rotatable bonds is 11. The van der Waals surface area contributed by atoms with E-state index < -0.39 is 41.0 Å². The molecule has 0 radical (unpaired) electrons. The van der Waals surface area contributed by atoms with E-state index >= 15 is 0 Å². The number of aromatic nitrogens is 4. The number of nitrogens with zero attached hydrogens (tertiary/aromatic N) is 8. The number of urea groups is 2. The van der Waals surface area contributed by atoms with Crippen molar-refractivity contribution in [3.05, 3.63) is 83.4 Å². The summed E-state index contributed by atoms with van der Waals surface area (Å²) in [5, 5.41) is 24.6. The van der Waals surface area contributed by atoms with Crippen LogP contribution in [0.15, 0.2) is 60.9 Å². The van der Waals surface area contributed by atoms with Gasteiger partial charge in [0.15, 0.2) is 11.4 Å². The average Bonchev–Trinajstić information content (AvgIpc) is 4.02. The van der Waals surface area contributed by atoms with E-state index in [-0.39, 0.29) is 61.3 Å². The lowest BCUT2D eigenvalue weighted by Crippen LogP contribution is -2.42. The smallest absolute Gasteiger partial charge is 0.361 e. The monoisotopic (exact) mass is 861 g/mol. The Labute approximate surface area is 362 Å². The van der Waals surface area contributed by atoms with Gasteiger partial charge in [0.25, 0.3) is 17.7 Å². The summed E-state index contributed by atoms with van der Waals surface area (Å²) in [5.74, 6) is 9.14. The van der Waals surface area contributed by atoms with Crippen LogP contribution < -0.4 is 16.4 Å². The molecule has 0 bridgehead atoms. The molecule has 2 aliphatic rings. The van der Waals surface area contributed by atoms with Gasteiger partial charge in [0.05, 0.1) is 48.4 Å². The first-order valence-corrected chi connectivity index (χ1v) is 19.7. The fraction of sp³-hybridized carbons (Fsp3) is 0.349. The van der Waals surface area contributed by atoms with Gasteiger partial charge in [-0.1, -0.05) is 35.8 Å². The van der Waals surface area contributed by atoms with E-state index in [0.717, 1.165) is 0 Å². The minimum absolute atomic E-state index is 0.0158. The summed E-state index contributed by atoms with van der Waals surface area (Å²) in [6.07, 6.45) is 3.34. The number of esters is 1. The van der Waals surface area contributed by atoms with Gasteiger partial charge in [0.2, 0.25) is 11.2 Å². The molecular weight excluding hydrogens is 815 g/mol. The number of amides is 7. The summed E-state index contributed by atoms with van der Waals surface area (Å²) in [7, 11) is 7.85. The van der Waals surface area contributed by atoms with E-state index in [2.05, 4.69) is 44.5 Å². The van der Waals surface area contributed by atoms with Crippen LogP contribution in [0.2, 0.25) is 0 Å². The summed E-state index contributed by atoms with van der Waals surface area (Å²) < 4.78 is 14.1. The largest absolute Gasteiger partial charge is 0.461 e. The normalized spacial score (nSPS) is 18.0. The van der Waals surface area contributed by atoms with Gasteiger partial charge < -0.3 is 50.5 Å². The standard InChI is InChI=1S/C43H47N11O9/c1-7-62-37(56)35-33(45-40(59)49(2)3)27-54(48-35)31-13-9-11-29(25-31)15-17-43(19-21-51(5)39(43)58)63-23-22-52(6)41(60)46-32-26-53(47-34(32)36(44)55)30-12-8-10-28(24-30)14-16-42(61)18-20-50(4)38(42)57/h8-13,24-27,61H,7,18-23H2,1-6H3,(H2,44,55)(H,45,59)(H,46,60)/t42-,43-/m0/s1. The molecule has 2 atom stereocenters. The Balaban J connectivity index is 1.14. The maximum atomic E-state index is 13.5. The summed E-state index contributed by atoms with van der Waals surface area (Å²) in [6, 6.07) is 12.5. The molecule has 2 aliphatic heterocycles. The van der Waals surface area contributed by atoms with Crippen molar-refractivity contribution in [2.45, 2.75) is 31.0 Å². The summed E-state index contributed by atoms with van der Waals surface area (Å²) in [5.41, 5.74) is 4.14. The van der Waals surface area contributed by atoms with Crippen molar-refractivity contribution < 1.29 is 43.3 Å². The highest BCUT2D eigenvalue weighted by atomic mass is 16.5. The number of carbonyl (C=O) groups excluding carboxylic acids is 6. The lowest BCUT2D eigenvalue weighted by atomic mass is 10.0. The molecule has 0 spiro atoms. The first-order chi connectivity index (χ1) is 29.9. The number of likely N-dealkylation sites (N-methyl/N-ethyl adjacent to an activating group) is 3. The molecule has 5 N–H and O–H groups in total. The van der Waals surface area contributed by atoms with E-state index in [9.17, 15) is 33.9 Å². The van der Waals surface area contributed by atoms with Gasteiger partial charge in [-0.3, -0.25) is 14.4 Å². The van der Waals surface area contributed by atoms with E-state index in [1.807, 2.05) is 0 Å². The molecule has 328 valence electrons. The number of nitrogens with two attached hydrogens (primary N) is 1. The molecule has 2 aromatic carbocycles. The molecule has 20 heteroatoms. The highest BCUT2D eigenvalue weighted by Gasteiger charge is 2.46. The first kappa shape index (κ1) is 44.9. The maximum absolute atomic E-state index is 13.5. The molecule has 63 heavy (non-hydrogen) atoms. The Morgan fingerprint density at radius 3 is 1.92 bits per heavy atom. The molecule has 0 saturated carbocycles. The zero-order valence-electron chi connectivity index (χ0n) is 35.6. The predicted molar refractivity (Wildman–Crippen MR) is 228 cm³/mol. The number of primary amides is 1. The number of hydrogen-bond acceptors (Lipinski definition) is 11. The van der Waals surface area contributed by atoms with Crippen LogP contribution in [-0.2, 0) is 19.1 Å². The molecule has 0 aliphatic carbocycles. The number of carbonyl (C=O) groups is 6. The molecule has 7 amide bonds. The number of benzene rings is 2. The third-order valence-electron chi connectivity index (χ3n) is 10.2. The van der Waals surface area contributed by atoms with Crippen LogP contribution in [0.1, 0.15) is 51.9 Å². The van der Waals surface area contributed by atoms with Gasteiger partial charge in [-0.15, -0.1) is 0 Å². The number of hydrogen-bond donors (Lipinski definition) is 4. The van der Waals surface area contributed by atoms with Crippen molar-refractivity contribution in [2.75, 3.05) is 78.7 Å². The lowest BCUT2D eigenvalue weighted by molar-refractivity contribution is -0.142. The van der Waals surface area contributed by atoms with Crippen molar-refractivity contribution in [1.29, 1.82) is 0 Å². The highest BCUT2D eigenvalue weighted by molar-refractivity contribution is 6.01. The maximum Gasteiger partial charge on any atom is 0.361 e. The van der Waals surface area contributed by atoms with E-state index in [0.29, 0.717) is 35.6 Å². The van der Waals surface area contributed by atoms with Crippen LogP contribution >= 0.6 is 0 Å². The zero-order chi connectivity index (χ0) is 45.6. The van der Waals surface area contributed by atoms with Gasteiger partial charge in [-0.25, -0.2) is 23.7 Å². The van der Waals surface area contributed by atoms with E-state index in [4.69, 9.17) is 15.2 Å². The Morgan fingerprint density at radius 2 is 1.38 bits per heavy atom. The van der Waals surface area contributed by atoms with Crippen LogP contribution in [0.3, 0.4) is 0 Å². The van der Waals surface area contributed by atoms with Crippen molar-refractivity contribution in [3.63, 3.8) is 0 Å². The van der Waals surface area contributed by atoms with Gasteiger partial charge >= 0.3 is 18.0 Å². The van der Waals surface area contributed by atoms with E-state index in [1.54, 1.807) is 83.6 Å². The topological polar surface area (TPSA) is 240 Å². The second-order valence-electron chi connectivity index (χ2n) is 15.0. The second-order valence-corrected chi connectivity index (χ2v) is 15.0. The van der Waals surface area contributed by atoms with Gasteiger partial charge in [0, 0.05) is 78.8 Å². The van der Waals surface area contributed by atoms with Crippen LogP contribution in [0.4, 0.5) is 21.0 Å². The summed E-state index contributed by atoms with van der Waals surface area (Å²) in [4.78, 5) is 82.2. The predicted octanol–water partition coefficient (Wildman–Crippen LogP) is 1.50. The molecule has 2 fully saturated rings. The molecule has 4 aromatic rings. The quantitative estimate of drug-likeness (QED) is 0.125. The van der Waals surface area contributed by atoms with Crippen LogP contribution in [0.25, 0.3) is 11.4 Å². The number of anilines is 2. The van der Waals surface area contributed by atoms with Crippen LogP contribution in [0, 0.1) is 23.7 Å². The third kappa shape index (κ3) is 9.94. The van der Waals surface area contributed by atoms with Crippen molar-refractivity contribution >= 4 is 47.1 Å². The average molecular weight is 862 g/mol. The summed E-state index contributed by atoms with van der Waals surface area (Å²) >= 11 is 0. The molecule has 2 saturated heterocycles. The van der Waals surface area contributed by atoms with Crippen molar-refractivity contribution in [1.82, 2.24) is 39.2 Å². The number of nitrogens with one attached hydrogen (secondary N) is 2. The van der Waals surface area contributed by atoms with Gasteiger partial charge in [-0.05, 0) is 43.3 Å². The lowest BCUT2D eigenvalue weighted by Gasteiger charge is -2.24. The van der Waals surface area contributed by atoms with Gasteiger partial charge in [0.1, 0.15) is 0 Å². The second kappa shape index (κ2) is 18.5. The molecule has 6 rings (SSSR count). The van der Waals surface area contributed by atoms with Crippen LogP contribution in [-0.4, -0.2) is 159 Å². The molecule has 2 aromatic heterocycles. The third-order valence-corrected chi connectivity index (χ3v) is 10.2. The summed E-state index contributed by atoms with van der Waals surface area (Å²) in [6.45, 7) is 2.46. The SMILES string of the molecule is CCOC(=O)c1nn(-c2cccc(C#C[C@]3(OCCN(C)C(=O)Nc4cn(-c5cccc(C#C[C@]6(O)CCN(C)C6=O)c5)nc4C(N)=O)CCN(C)C3=O)c2)cc1NC(=O)N(C)C. The minimum Gasteiger partial charge on any atom is -0.461 e. The Kier molecular flexibility index (Phi) is 13.2. The van der Waals surface area contributed by atoms with Crippen molar-refractivity contribution in [3.8, 4) is 35.1 Å².